The summed E-state index contributed by atoms with van der Waals surface area (Å²) in [5.41, 5.74) is 0. The van der Waals surface area contributed by atoms with Gasteiger partial charge in [0.05, 0.1) is 18.9 Å². The molecule has 1 fully saturated rings. The number of ether oxygens (including phenoxy) is 2. The van der Waals surface area contributed by atoms with Gasteiger partial charge in [-0.15, -0.1) is 11.3 Å². The van der Waals surface area contributed by atoms with Crippen molar-refractivity contribution >= 4 is 27.3 Å². The maximum atomic E-state index is 12.2. The van der Waals surface area contributed by atoms with E-state index in [2.05, 4.69) is 6.07 Å². The Morgan fingerprint density at radius 3 is 2.55 bits per heavy atom. The number of carbonyl (C=O) groups excluding carboxylic acids is 1. The molecule has 0 N–H and O–H groups in total. The lowest BCUT2D eigenvalue weighted by Crippen LogP contribution is -2.27. The second-order valence-corrected chi connectivity index (χ2v) is 6.65. The van der Waals surface area contributed by atoms with E-state index in [0.29, 0.717) is 6.42 Å². The fourth-order valence-corrected chi connectivity index (χ4v) is 4.11. The van der Waals surface area contributed by atoms with Crippen LogP contribution in [0.4, 0.5) is 0 Å². The van der Waals surface area contributed by atoms with Crippen molar-refractivity contribution in [2.45, 2.75) is 25.7 Å². The summed E-state index contributed by atoms with van der Waals surface area (Å²) >= 11 is 1.69. The topological polar surface area (TPSA) is 38.8 Å². The zero-order chi connectivity index (χ0) is 15.5. The van der Waals surface area contributed by atoms with Crippen LogP contribution in [0.5, 0.6) is 11.5 Å². The summed E-state index contributed by atoms with van der Waals surface area (Å²) in [7, 11) is 3.35. The highest BCUT2D eigenvalue weighted by atomic mass is 32.1. The molecule has 118 valence electrons. The first-order valence-electron chi connectivity index (χ1n) is 7.64. The molecule has 0 spiro atoms. The lowest BCUT2D eigenvalue weighted by Gasteiger charge is -2.14. The van der Waals surface area contributed by atoms with Crippen LogP contribution in [0.15, 0.2) is 18.2 Å². The number of aryl methyl sites for hydroxylation is 1. The molecule has 3 rings (SSSR count). The zero-order valence-electron chi connectivity index (χ0n) is 13.1. The molecule has 2 aromatic rings. The van der Waals surface area contributed by atoms with Crippen molar-refractivity contribution in [1.29, 1.82) is 0 Å². The number of likely N-dealkylation sites (tertiary alicyclic amines) is 1. The monoisotopic (exact) mass is 319 g/mol. The molecule has 22 heavy (non-hydrogen) atoms. The van der Waals surface area contributed by atoms with Crippen LogP contribution < -0.4 is 9.47 Å². The van der Waals surface area contributed by atoms with Crippen LogP contribution in [0.1, 0.15) is 24.1 Å². The predicted octanol–water partition coefficient (Wildman–Crippen LogP) is 3.47. The number of methoxy groups -OCH3 is 2. The first-order chi connectivity index (χ1) is 10.7. The number of rotatable bonds is 5. The lowest BCUT2D eigenvalue weighted by molar-refractivity contribution is -0.130. The van der Waals surface area contributed by atoms with Gasteiger partial charge >= 0.3 is 0 Å². The van der Waals surface area contributed by atoms with Crippen molar-refractivity contribution in [2.75, 3.05) is 27.3 Å². The van der Waals surface area contributed by atoms with Crippen LogP contribution in [0.2, 0.25) is 0 Å². The second kappa shape index (κ2) is 6.57. The van der Waals surface area contributed by atoms with Gasteiger partial charge in [0.15, 0.2) is 0 Å². The molecule has 1 saturated heterocycles. The van der Waals surface area contributed by atoms with Gasteiger partial charge in [-0.2, -0.15) is 0 Å². The molecule has 1 aliphatic heterocycles. The smallest absolute Gasteiger partial charge is 0.222 e. The molecule has 0 radical (unpaired) electrons. The Morgan fingerprint density at radius 1 is 1.18 bits per heavy atom. The third kappa shape index (κ3) is 2.90. The fourth-order valence-electron chi connectivity index (χ4n) is 2.94. The van der Waals surface area contributed by atoms with E-state index in [-0.39, 0.29) is 5.91 Å². The van der Waals surface area contributed by atoms with Crippen LogP contribution in [-0.2, 0) is 11.2 Å². The van der Waals surface area contributed by atoms with Crippen LogP contribution in [0, 0.1) is 0 Å². The highest BCUT2D eigenvalue weighted by Crippen LogP contribution is 2.39. The molecular formula is C17H21NO3S. The SMILES string of the molecule is COc1ccc(OC)c2sc(CCC(=O)N3CCCC3)cc12. The zero-order valence-corrected chi connectivity index (χ0v) is 13.9. The van der Waals surface area contributed by atoms with E-state index in [1.54, 1.807) is 25.6 Å². The number of hydrogen-bond acceptors (Lipinski definition) is 4. The number of hydrogen-bond donors (Lipinski definition) is 0. The molecule has 1 aliphatic rings. The van der Waals surface area contributed by atoms with Crippen molar-refractivity contribution in [3.05, 3.63) is 23.1 Å². The summed E-state index contributed by atoms with van der Waals surface area (Å²) in [5, 5.41) is 1.07. The average molecular weight is 319 g/mol. The predicted molar refractivity (Wildman–Crippen MR) is 89.1 cm³/mol. The maximum Gasteiger partial charge on any atom is 0.222 e. The van der Waals surface area contributed by atoms with E-state index < -0.39 is 0 Å². The van der Waals surface area contributed by atoms with Crippen LogP contribution >= 0.6 is 11.3 Å². The molecule has 4 nitrogen and oxygen atoms in total. The standard InChI is InChI=1S/C17H21NO3S/c1-20-14-6-7-15(21-2)17-13(14)11-12(22-17)5-8-16(19)18-9-3-4-10-18/h6-7,11H,3-5,8-10H2,1-2H3. The minimum absolute atomic E-state index is 0.272. The molecule has 0 atom stereocenters. The summed E-state index contributed by atoms with van der Waals surface area (Å²) in [6.07, 6.45) is 3.64. The van der Waals surface area contributed by atoms with Crippen molar-refractivity contribution < 1.29 is 14.3 Å². The first-order valence-corrected chi connectivity index (χ1v) is 8.45. The number of fused-ring (bicyclic) bond motifs is 1. The Bertz CT molecular complexity index is 633. The number of benzene rings is 1. The Kier molecular flexibility index (Phi) is 4.52. The normalized spacial score (nSPS) is 14.5. The van der Waals surface area contributed by atoms with Crippen LogP contribution in [0.25, 0.3) is 10.1 Å². The number of amides is 1. The summed E-state index contributed by atoms with van der Waals surface area (Å²) in [5.74, 6) is 1.98. The Labute approximate surface area is 134 Å². The molecular weight excluding hydrogens is 298 g/mol. The van der Waals surface area contributed by atoms with Gasteiger partial charge in [-0.25, -0.2) is 0 Å². The molecule has 0 aliphatic carbocycles. The quantitative estimate of drug-likeness (QED) is 0.847. The molecule has 0 saturated carbocycles. The lowest BCUT2D eigenvalue weighted by atomic mass is 10.2. The van der Waals surface area contributed by atoms with Gasteiger partial charge in [-0.1, -0.05) is 0 Å². The molecule has 1 aromatic carbocycles. The molecule has 0 bridgehead atoms. The van der Waals surface area contributed by atoms with Gasteiger partial charge in [0.1, 0.15) is 11.5 Å². The molecule has 0 unspecified atom stereocenters. The Morgan fingerprint density at radius 2 is 1.86 bits per heavy atom. The van der Waals surface area contributed by atoms with Crippen LogP contribution in [0.3, 0.4) is 0 Å². The van der Waals surface area contributed by atoms with Crippen molar-refractivity contribution in [2.24, 2.45) is 0 Å². The Balaban J connectivity index is 1.78. The van der Waals surface area contributed by atoms with Crippen molar-refractivity contribution in [3.63, 3.8) is 0 Å². The van der Waals surface area contributed by atoms with E-state index in [0.717, 1.165) is 53.9 Å². The van der Waals surface area contributed by atoms with Crippen molar-refractivity contribution in [3.8, 4) is 11.5 Å². The van der Waals surface area contributed by atoms with E-state index in [4.69, 9.17) is 9.47 Å². The third-order valence-electron chi connectivity index (χ3n) is 4.14. The number of thiophene rings is 1. The molecule has 2 heterocycles. The molecule has 1 amide bonds. The summed E-state index contributed by atoms with van der Waals surface area (Å²) < 4.78 is 11.9. The van der Waals surface area contributed by atoms with E-state index in [1.165, 1.54) is 4.88 Å². The van der Waals surface area contributed by atoms with Gasteiger partial charge < -0.3 is 14.4 Å². The highest BCUT2D eigenvalue weighted by Gasteiger charge is 2.18. The van der Waals surface area contributed by atoms with Gasteiger partial charge in [0.25, 0.3) is 0 Å². The van der Waals surface area contributed by atoms with E-state index >= 15 is 0 Å². The highest BCUT2D eigenvalue weighted by molar-refractivity contribution is 7.19. The number of carbonyl (C=O) groups is 1. The number of nitrogens with zero attached hydrogens (tertiary/aromatic N) is 1. The second-order valence-electron chi connectivity index (χ2n) is 5.51. The van der Waals surface area contributed by atoms with Gasteiger partial charge in [-0.3, -0.25) is 4.79 Å². The minimum Gasteiger partial charge on any atom is -0.496 e. The van der Waals surface area contributed by atoms with Gasteiger partial charge in [0, 0.05) is 29.8 Å². The van der Waals surface area contributed by atoms with Crippen LogP contribution in [-0.4, -0.2) is 38.1 Å². The van der Waals surface area contributed by atoms with Crippen molar-refractivity contribution in [1.82, 2.24) is 4.90 Å². The molecule has 5 heteroatoms. The summed E-state index contributed by atoms with van der Waals surface area (Å²) in [6.45, 7) is 1.85. The minimum atomic E-state index is 0.272. The van der Waals surface area contributed by atoms with E-state index in [1.807, 2.05) is 17.0 Å². The summed E-state index contributed by atoms with van der Waals surface area (Å²) in [6, 6.07) is 5.97. The summed E-state index contributed by atoms with van der Waals surface area (Å²) in [4.78, 5) is 15.3. The average Bonchev–Trinajstić information content (AvgIpc) is 3.20. The largest absolute Gasteiger partial charge is 0.496 e. The molecule has 1 aromatic heterocycles. The Hall–Kier alpha value is -1.75. The van der Waals surface area contributed by atoms with Gasteiger partial charge in [0.2, 0.25) is 5.91 Å². The maximum absolute atomic E-state index is 12.2. The fraction of sp³-hybridized carbons (Fsp3) is 0.471. The van der Waals surface area contributed by atoms with Gasteiger partial charge in [-0.05, 0) is 37.5 Å². The third-order valence-corrected chi connectivity index (χ3v) is 5.35. The first kappa shape index (κ1) is 15.2. The van der Waals surface area contributed by atoms with E-state index in [9.17, 15) is 4.79 Å².